The summed E-state index contributed by atoms with van der Waals surface area (Å²) in [7, 11) is 0. The summed E-state index contributed by atoms with van der Waals surface area (Å²) in [5.41, 5.74) is 6.80. The van der Waals surface area contributed by atoms with E-state index in [4.69, 9.17) is 10.5 Å². The van der Waals surface area contributed by atoms with E-state index in [2.05, 4.69) is 25.7 Å². The lowest BCUT2D eigenvalue weighted by Crippen LogP contribution is -2.59. The second kappa shape index (κ2) is 4.28. The smallest absolute Gasteiger partial charge is 0.0594 e. The van der Waals surface area contributed by atoms with Crippen LogP contribution in [0.2, 0.25) is 0 Å². The predicted molar refractivity (Wildman–Crippen MR) is 66.4 cm³/mol. The van der Waals surface area contributed by atoms with E-state index < -0.39 is 0 Å². The van der Waals surface area contributed by atoms with Crippen LogP contribution in [0, 0.1) is 11.3 Å². The first kappa shape index (κ1) is 12.3. The van der Waals surface area contributed by atoms with Crippen LogP contribution in [0.1, 0.15) is 33.6 Å². The summed E-state index contributed by atoms with van der Waals surface area (Å²) in [6, 6.07) is 0. The first-order valence-corrected chi connectivity index (χ1v) is 6.53. The van der Waals surface area contributed by atoms with Gasteiger partial charge in [0.2, 0.25) is 0 Å². The second-order valence-corrected chi connectivity index (χ2v) is 6.35. The number of morpholine rings is 1. The Kier molecular flexibility index (Phi) is 3.30. The van der Waals surface area contributed by atoms with E-state index in [1.54, 1.807) is 0 Å². The lowest BCUT2D eigenvalue weighted by Gasteiger charge is -2.46. The predicted octanol–water partition coefficient (Wildman–Crippen LogP) is 1.47. The van der Waals surface area contributed by atoms with Crippen LogP contribution in [-0.2, 0) is 4.74 Å². The molecular formula is C13H26N2O. The highest BCUT2D eigenvalue weighted by Crippen LogP contribution is 2.50. The average Bonchev–Trinajstić information content (AvgIpc) is 2.50. The van der Waals surface area contributed by atoms with E-state index in [0.717, 1.165) is 32.8 Å². The molecule has 2 aliphatic rings. The van der Waals surface area contributed by atoms with Crippen molar-refractivity contribution in [2.24, 2.45) is 17.1 Å². The topological polar surface area (TPSA) is 38.5 Å². The third-order valence-corrected chi connectivity index (χ3v) is 4.56. The van der Waals surface area contributed by atoms with Crippen LogP contribution < -0.4 is 5.73 Å². The van der Waals surface area contributed by atoms with Crippen molar-refractivity contribution in [2.75, 3.05) is 32.8 Å². The molecular weight excluding hydrogens is 200 g/mol. The van der Waals surface area contributed by atoms with Gasteiger partial charge in [0.05, 0.1) is 13.2 Å². The highest BCUT2D eigenvalue weighted by molar-refractivity contribution is 5.06. The minimum absolute atomic E-state index is 0.229. The molecule has 0 aromatic rings. The Balaban J connectivity index is 2.18. The monoisotopic (exact) mass is 226 g/mol. The van der Waals surface area contributed by atoms with Crippen LogP contribution in [0.25, 0.3) is 0 Å². The molecule has 3 nitrogen and oxygen atoms in total. The van der Waals surface area contributed by atoms with Crippen LogP contribution in [0.15, 0.2) is 0 Å². The van der Waals surface area contributed by atoms with Gasteiger partial charge in [-0.2, -0.15) is 0 Å². The summed E-state index contributed by atoms with van der Waals surface area (Å²) in [5, 5.41) is 0. The molecule has 1 saturated heterocycles. The molecule has 0 aromatic heterocycles. The molecule has 3 heteroatoms. The highest BCUT2D eigenvalue weighted by atomic mass is 16.5. The number of rotatable bonds is 2. The van der Waals surface area contributed by atoms with Crippen molar-refractivity contribution in [3.8, 4) is 0 Å². The van der Waals surface area contributed by atoms with Crippen LogP contribution in [0.3, 0.4) is 0 Å². The number of hydrogen-bond donors (Lipinski definition) is 1. The van der Waals surface area contributed by atoms with Crippen LogP contribution >= 0.6 is 0 Å². The molecule has 1 saturated carbocycles. The number of nitrogens with two attached hydrogens (primary N) is 1. The maximum atomic E-state index is 6.13. The minimum atomic E-state index is 0.229. The van der Waals surface area contributed by atoms with E-state index in [9.17, 15) is 0 Å². The van der Waals surface area contributed by atoms with Gasteiger partial charge in [-0.05, 0) is 24.2 Å². The zero-order chi connectivity index (χ0) is 11.8. The molecule has 2 atom stereocenters. The fraction of sp³-hybridized carbons (Fsp3) is 1.00. The molecule has 2 rings (SSSR count). The lowest BCUT2D eigenvalue weighted by atomic mass is 9.84. The first-order valence-electron chi connectivity index (χ1n) is 6.53. The van der Waals surface area contributed by atoms with Crippen molar-refractivity contribution in [3.63, 3.8) is 0 Å². The van der Waals surface area contributed by atoms with Gasteiger partial charge in [-0.25, -0.2) is 0 Å². The molecule has 0 radical (unpaired) electrons. The molecule has 0 spiro atoms. The highest BCUT2D eigenvalue weighted by Gasteiger charge is 2.51. The molecule has 2 fully saturated rings. The average molecular weight is 226 g/mol. The third-order valence-electron chi connectivity index (χ3n) is 4.56. The summed E-state index contributed by atoms with van der Waals surface area (Å²) in [6.07, 6.45) is 2.53. The Bertz CT molecular complexity index is 248. The molecule has 0 amide bonds. The van der Waals surface area contributed by atoms with Gasteiger partial charge in [0.1, 0.15) is 0 Å². The Morgan fingerprint density at radius 3 is 2.38 bits per heavy atom. The maximum Gasteiger partial charge on any atom is 0.0594 e. The zero-order valence-electron chi connectivity index (χ0n) is 11.0. The first-order chi connectivity index (χ1) is 7.50. The van der Waals surface area contributed by atoms with Crippen LogP contribution in [0.5, 0.6) is 0 Å². The van der Waals surface area contributed by atoms with Crippen LogP contribution in [-0.4, -0.2) is 43.3 Å². The minimum Gasteiger partial charge on any atom is -0.379 e. The van der Waals surface area contributed by atoms with E-state index >= 15 is 0 Å². The molecule has 0 aromatic carbocycles. The molecule has 1 aliphatic heterocycles. The summed E-state index contributed by atoms with van der Waals surface area (Å²) in [6.45, 7) is 11.8. The number of hydrogen-bond acceptors (Lipinski definition) is 3. The Labute approximate surface area is 99.3 Å². The van der Waals surface area contributed by atoms with Crippen molar-refractivity contribution in [3.05, 3.63) is 0 Å². The molecule has 94 valence electrons. The van der Waals surface area contributed by atoms with Crippen molar-refractivity contribution in [1.29, 1.82) is 0 Å². The van der Waals surface area contributed by atoms with Crippen molar-refractivity contribution in [2.45, 2.75) is 39.2 Å². The van der Waals surface area contributed by atoms with Gasteiger partial charge in [0.15, 0.2) is 0 Å². The fourth-order valence-electron chi connectivity index (χ4n) is 3.93. The third kappa shape index (κ3) is 2.01. The van der Waals surface area contributed by atoms with Gasteiger partial charge < -0.3 is 10.5 Å². The van der Waals surface area contributed by atoms with Gasteiger partial charge in [-0.1, -0.05) is 20.8 Å². The standard InChI is InChI=1S/C13H26N2O/c1-11-8-12(2,3)9-13(11,10-14)15-4-6-16-7-5-15/h11H,4-10,14H2,1-3H3. The van der Waals surface area contributed by atoms with Gasteiger partial charge in [0.25, 0.3) is 0 Å². The summed E-state index contributed by atoms with van der Waals surface area (Å²) < 4.78 is 5.45. The van der Waals surface area contributed by atoms with E-state index in [0.29, 0.717) is 11.3 Å². The Morgan fingerprint density at radius 2 is 1.94 bits per heavy atom. The molecule has 16 heavy (non-hydrogen) atoms. The van der Waals surface area contributed by atoms with Gasteiger partial charge in [-0.3, -0.25) is 4.90 Å². The van der Waals surface area contributed by atoms with E-state index in [-0.39, 0.29) is 5.54 Å². The SMILES string of the molecule is CC1CC(C)(C)CC1(CN)N1CCOCC1. The van der Waals surface area contributed by atoms with Gasteiger partial charge >= 0.3 is 0 Å². The van der Waals surface area contributed by atoms with Crippen molar-refractivity contribution in [1.82, 2.24) is 4.90 Å². The maximum absolute atomic E-state index is 6.13. The lowest BCUT2D eigenvalue weighted by molar-refractivity contribution is -0.0340. The normalized spacial score (nSPS) is 40.1. The summed E-state index contributed by atoms with van der Waals surface area (Å²) in [4.78, 5) is 2.59. The van der Waals surface area contributed by atoms with E-state index in [1.807, 2.05) is 0 Å². The Morgan fingerprint density at radius 1 is 1.31 bits per heavy atom. The second-order valence-electron chi connectivity index (χ2n) is 6.35. The van der Waals surface area contributed by atoms with Crippen LogP contribution in [0.4, 0.5) is 0 Å². The van der Waals surface area contributed by atoms with Crippen molar-refractivity contribution >= 4 is 0 Å². The molecule has 0 bridgehead atoms. The zero-order valence-corrected chi connectivity index (χ0v) is 11.0. The molecule has 1 heterocycles. The summed E-state index contributed by atoms with van der Waals surface area (Å²) >= 11 is 0. The largest absolute Gasteiger partial charge is 0.379 e. The Hall–Kier alpha value is -0.120. The van der Waals surface area contributed by atoms with Gasteiger partial charge in [0, 0.05) is 25.2 Å². The fourth-order valence-corrected chi connectivity index (χ4v) is 3.93. The quantitative estimate of drug-likeness (QED) is 0.775. The van der Waals surface area contributed by atoms with E-state index in [1.165, 1.54) is 12.8 Å². The summed E-state index contributed by atoms with van der Waals surface area (Å²) in [5.74, 6) is 0.700. The number of ether oxygens (including phenoxy) is 1. The van der Waals surface area contributed by atoms with Gasteiger partial charge in [-0.15, -0.1) is 0 Å². The molecule has 2 unspecified atom stereocenters. The number of nitrogens with zero attached hydrogens (tertiary/aromatic N) is 1. The van der Waals surface area contributed by atoms with Crippen molar-refractivity contribution < 1.29 is 4.74 Å². The molecule has 1 aliphatic carbocycles. The molecule has 2 N–H and O–H groups in total.